The summed E-state index contributed by atoms with van der Waals surface area (Å²) >= 11 is 0. The van der Waals surface area contributed by atoms with Gasteiger partial charge in [0.1, 0.15) is 12.7 Å². The zero-order chi connectivity index (χ0) is 13.8. The number of nitrogens with zero attached hydrogens (tertiary/aromatic N) is 6. The highest BCUT2D eigenvalue weighted by Gasteiger charge is 2.20. The molecule has 1 fully saturated rings. The standard InChI is InChI=1S/C13H20N6O/c1-12-6-15-19(7-12)9-13-8-17(4-5-20-13)2-3-18-11-14-10-16-18/h6-7,10-11,13H,2-5,8-9H2,1H3. The normalized spacial score (nSPS) is 20.4. The van der Waals surface area contributed by atoms with Crippen LogP contribution in [0, 0.1) is 6.92 Å². The molecule has 1 aliphatic rings. The van der Waals surface area contributed by atoms with E-state index in [1.807, 2.05) is 15.6 Å². The van der Waals surface area contributed by atoms with Gasteiger partial charge in [-0.2, -0.15) is 10.2 Å². The van der Waals surface area contributed by atoms with Gasteiger partial charge in [0.05, 0.1) is 32.0 Å². The zero-order valence-electron chi connectivity index (χ0n) is 11.7. The summed E-state index contributed by atoms with van der Waals surface area (Å²) in [6.07, 6.45) is 7.47. The van der Waals surface area contributed by atoms with E-state index in [1.54, 1.807) is 12.7 Å². The predicted molar refractivity (Wildman–Crippen MR) is 73.2 cm³/mol. The molecule has 0 spiro atoms. The van der Waals surface area contributed by atoms with E-state index in [-0.39, 0.29) is 6.10 Å². The van der Waals surface area contributed by atoms with Crippen LogP contribution in [-0.2, 0) is 17.8 Å². The fraction of sp³-hybridized carbons (Fsp3) is 0.615. The van der Waals surface area contributed by atoms with Gasteiger partial charge in [-0.15, -0.1) is 0 Å². The second-order valence-corrected chi connectivity index (χ2v) is 5.19. The molecule has 0 amide bonds. The predicted octanol–water partition coefficient (Wildman–Crippen LogP) is 0.184. The van der Waals surface area contributed by atoms with Crippen molar-refractivity contribution in [3.8, 4) is 0 Å². The minimum Gasteiger partial charge on any atom is -0.374 e. The highest BCUT2D eigenvalue weighted by molar-refractivity contribution is 4.99. The molecule has 0 bridgehead atoms. The molecule has 3 heterocycles. The van der Waals surface area contributed by atoms with Gasteiger partial charge in [0.15, 0.2) is 0 Å². The summed E-state index contributed by atoms with van der Waals surface area (Å²) in [5.41, 5.74) is 1.18. The maximum atomic E-state index is 5.82. The highest BCUT2D eigenvalue weighted by Crippen LogP contribution is 2.08. The monoisotopic (exact) mass is 276 g/mol. The van der Waals surface area contributed by atoms with Crippen LogP contribution in [-0.4, -0.2) is 61.8 Å². The fourth-order valence-corrected chi connectivity index (χ4v) is 2.46. The first kappa shape index (κ1) is 13.3. The van der Waals surface area contributed by atoms with Crippen molar-refractivity contribution in [1.82, 2.24) is 29.4 Å². The number of aromatic nitrogens is 5. The molecule has 7 nitrogen and oxygen atoms in total. The number of ether oxygens (including phenoxy) is 1. The van der Waals surface area contributed by atoms with Crippen LogP contribution in [0.2, 0.25) is 0 Å². The Morgan fingerprint density at radius 1 is 1.30 bits per heavy atom. The topological polar surface area (TPSA) is 61.0 Å². The Labute approximate surface area is 118 Å². The second kappa shape index (κ2) is 6.15. The van der Waals surface area contributed by atoms with Crippen molar-refractivity contribution in [3.05, 3.63) is 30.6 Å². The Morgan fingerprint density at radius 3 is 3.00 bits per heavy atom. The van der Waals surface area contributed by atoms with E-state index in [4.69, 9.17) is 4.74 Å². The molecule has 1 atom stereocenters. The van der Waals surface area contributed by atoms with Crippen molar-refractivity contribution >= 4 is 0 Å². The lowest BCUT2D eigenvalue weighted by atomic mass is 10.2. The van der Waals surface area contributed by atoms with Crippen LogP contribution in [0.15, 0.2) is 25.0 Å². The summed E-state index contributed by atoms with van der Waals surface area (Å²) in [7, 11) is 0. The van der Waals surface area contributed by atoms with Crippen molar-refractivity contribution in [3.63, 3.8) is 0 Å². The van der Waals surface area contributed by atoms with Crippen molar-refractivity contribution in [2.75, 3.05) is 26.2 Å². The lowest BCUT2D eigenvalue weighted by molar-refractivity contribution is -0.0384. The summed E-state index contributed by atoms with van der Waals surface area (Å²) in [6, 6.07) is 0. The maximum absolute atomic E-state index is 5.82. The minimum absolute atomic E-state index is 0.207. The molecule has 0 aliphatic carbocycles. The first-order valence-corrected chi connectivity index (χ1v) is 6.95. The van der Waals surface area contributed by atoms with Gasteiger partial charge >= 0.3 is 0 Å². The van der Waals surface area contributed by atoms with E-state index in [1.165, 1.54) is 5.56 Å². The van der Waals surface area contributed by atoms with Gasteiger partial charge in [-0.1, -0.05) is 0 Å². The van der Waals surface area contributed by atoms with Crippen molar-refractivity contribution in [1.29, 1.82) is 0 Å². The number of morpholine rings is 1. The van der Waals surface area contributed by atoms with Crippen LogP contribution in [0.1, 0.15) is 5.56 Å². The largest absolute Gasteiger partial charge is 0.374 e. The lowest BCUT2D eigenvalue weighted by Gasteiger charge is -2.32. The quantitative estimate of drug-likeness (QED) is 0.780. The molecule has 0 aromatic carbocycles. The van der Waals surface area contributed by atoms with Crippen LogP contribution in [0.25, 0.3) is 0 Å². The second-order valence-electron chi connectivity index (χ2n) is 5.19. The molecular weight excluding hydrogens is 256 g/mol. The fourth-order valence-electron chi connectivity index (χ4n) is 2.46. The van der Waals surface area contributed by atoms with Crippen LogP contribution in [0.5, 0.6) is 0 Å². The zero-order valence-corrected chi connectivity index (χ0v) is 11.7. The molecule has 3 rings (SSSR count). The van der Waals surface area contributed by atoms with Crippen molar-refractivity contribution in [2.24, 2.45) is 0 Å². The number of aryl methyl sites for hydroxylation is 1. The van der Waals surface area contributed by atoms with Crippen LogP contribution >= 0.6 is 0 Å². The van der Waals surface area contributed by atoms with Gasteiger partial charge in [0.2, 0.25) is 0 Å². The van der Waals surface area contributed by atoms with E-state index < -0.39 is 0 Å². The molecule has 0 saturated carbocycles. The third kappa shape index (κ3) is 3.43. The van der Waals surface area contributed by atoms with E-state index in [0.717, 1.165) is 39.3 Å². The van der Waals surface area contributed by atoms with Gasteiger partial charge in [-0.25, -0.2) is 4.98 Å². The molecule has 2 aromatic heterocycles. The summed E-state index contributed by atoms with van der Waals surface area (Å²) in [4.78, 5) is 6.37. The number of hydrogen-bond donors (Lipinski definition) is 0. The molecule has 108 valence electrons. The molecule has 20 heavy (non-hydrogen) atoms. The van der Waals surface area contributed by atoms with E-state index >= 15 is 0 Å². The average Bonchev–Trinajstić information content (AvgIpc) is 3.09. The van der Waals surface area contributed by atoms with Gasteiger partial charge in [0, 0.05) is 25.8 Å². The first-order valence-electron chi connectivity index (χ1n) is 6.95. The van der Waals surface area contributed by atoms with E-state index in [9.17, 15) is 0 Å². The summed E-state index contributed by atoms with van der Waals surface area (Å²) < 4.78 is 9.64. The van der Waals surface area contributed by atoms with Crippen molar-refractivity contribution in [2.45, 2.75) is 26.1 Å². The smallest absolute Gasteiger partial charge is 0.137 e. The molecule has 0 N–H and O–H groups in total. The number of hydrogen-bond acceptors (Lipinski definition) is 5. The Hall–Kier alpha value is -1.73. The third-order valence-corrected chi connectivity index (χ3v) is 3.49. The molecule has 1 aliphatic heterocycles. The van der Waals surface area contributed by atoms with Gasteiger partial charge in [0.25, 0.3) is 0 Å². The van der Waals surface area contributed by atoms with Gasteiger partial charge < -0.3 is 4.74 Å². The van der Waals surface area contributed by atoms with Gasteiger partial charge in [-0.3, -0.25) is 14.3 Å². The molecule has 0 radical (unpaired) electrons. The molecular formula is C13H20N6O. The molecule has 2 aromatic rings. The first-order chi connectivity index (χ1) is 9.79. The van der Waals surface area contributed by atoms with E-state index in [2.05, 4.69) is 33.2 Å². The Bertz CT molecular complexity index is 523. The SMILES string of the molecule is Cc1cnn(CC2CN(CCn3cncn3)CCO2)c1. The Kier molecular flexibility index (Phi) is 4.08. The highest BCUT2D eigenvalue weighted by atomic mass is 16.5. The Morgan fingerprint density at radius 2 is 2.25 bits per heavy atom. The lowest BCUT2D eigenvalue weighted by Crippen LogP contribution is -2.45. The minimum atomic E-state index is 0.207. The Balaban J connectivity index is 1.48. The average molecular weight is 276 g/mol. The molecule has 1 saturated heterocycles. The third-order valence-electron chi connectivity index (χ3n) is 3.49. The van der Waals surface area contributed by atoms with Crippen molar-refractivity contribution < 1.29 is 4.74 Å². The maximum Gasteiger partial charge on any atom is 0.137 e. The van der Waals surface area contributed by atoms with Crippen LogP contribution < -0.4 is 0 Å². The molecule has 7 heteroatoms. The van der Waals surface area contributed by atoms with Crippen LogP contribution in [0.4, 0.5) is 0 Å². The summed E-state index contributed by atoms with van der Waals surface area (Å²) in [5, 5.41) is 8.44. The van der Waals surface area contributed by atoms with Gasteiger partial charge in [-0.05, 0) is 12.5 Å². The van der Waals surface area contributed by atoms with E-state index in [0.29, 0.717) is 0 Å². The molecule has 1 unspecified atom stereocenters. The summed E-state index contributed by atoms with van der Waals surface area (Å²) in [6.45, 7) is 7.40. The number of rotatable bonds is 5. The summed E-state index contributed by atoms with van der Waals surface area (Å²) in [5.74, 6) is 0. The van der Waals surface area contributed by atoms with Crippen LogP contribution in [0.3, 0.4) is 0 Å².